The molecule has 0 saturated carbocycles. The molecule has 0 saturated heterocycles. The first-order valence-electron chi connectivity index (χ1n) is 4.98. The number of nitrogens with two attached hydrogens (primary N) is 1. The molecular formula is C10H24N2. The second-order valence-corrected chi connectivity index (χ2v) is 3.89. The number of hydrogen-bond donors (Lipinski definition) is 1. The maximum atomic E-state index is 5.82. The van der Waals surface area contributed by atoms with Gasteiger partial charge >= 0.3 is 0 Å². The van der Waals surface area contributed by atoms with Gasteiger partial charge in [-0.3, -0.25) is 4.90 Å². The molecule has 12 heavy (non-hydrogen) atoms. The van der Waals surface area contributed by atoms with E-state index in [-0.39, 0.29) is 5.54 Å². The van der Waals surface area contributed by atoms with Crippen molar-refractivity contribution >= 4 is 0 Å². The number of hydrogen-bond acceptors (Lipinski definition) is 2. The maximum absolute atomic E-state index is 5.82. The lowest BCUT2D eigenvalue weighted by atomic mass is 9.86. The molecule has 0 aromatic rings. The highest BCUT2D eigenvalue weighted by atomic mass is 15.2. The van der Waals surface area contributed by atoms with Gasteiger partial charge in [-0.05, 0) is 25.9 Å². The van der Waals surface area contributed by atoms with E-state index in [1.54, 1.807) is 0 Å². The van der Waals surface area contributed by atoms with Crippen molar-refractivity contribution in [2.75, 3.05) is 19.6 Å². The molecule has 2 N–H and O–H groups in total. The van der Waals surface area contributed by atoms with Gasteiger partial charge in [0.25, 0.3) is 0 Å². The van der Waals surface area contributed by atoms with Crippen LogP contribution in [-0.2, 0) is 0 Å². The monoisotopic (exact) mass is 172 g/mol. The van der Waals surface area contributed by atoms with E-state index in [1.807, 2.05) is 0 Å². The Hall–Kier alpha value is -0.0800. The van der Waals surface area contributed by atoms with Crippen molar-refractivity contribution in [2.45, 2.75) is 40.2 Å². The van der Waals surface area contributed by atoms with Gasteiger partial charge < -0.3 is 5.73 Å². The number of rotatable bonds is 5. The molecule has 0 bridgehead atoms. The first kappa shape index (κ1) is 11.9. The largest absolute Gasteiger partial charge is 0.329 e. The first-order valence-corrected chi connectivity index (χ1v) is 4.98. The summed E-state index contributed by atoms with van der Waals surface area (Å²) in [4.78, 5) is 2.44. The normalized spacial score (nSPS) is 17.0. The van der Waals surface area contributed by atoms with Gasteiger partial charge in [0.05, 0.1) is 0 Å². The molecule has 2 heteroatoms. The Morgan fingerprint density at radius 3 is 1.75 bits per heavy atom. The average molecular weight is 172 g/mol. The summed E-state index contributed by atoms with van der Waals surface area (Å²) in [6.07, 6.45) is 0. The van der Waals surface area contributed by atoms with Crippen LogP contribution >= 0.6 is 0 Å². The zero-order valence-corrected chi connectivity index (χ0v) is 9.22. The third-order valence-corrected chi connectivity index (χ3v) is 3.14. The van der Waals surface area contributed by atoms with Crippen molar-refractivity contribution < 1.29 is 0 Å². The Bertz CT molecular complexity index is 119. The van der Waals surface area contributed by atoms with Gasteiger partial charge in [0.1, 0.15) is 0 Å². The van der Waals surface area contributed by atoms with Crippen LogP contribution < -0.4 is 5.73 Å². The van der Waals surface area contributed by atoms with Crippen LogP contribution in [0.3, 0.4) is 0 Å². The molecule has 1 atom stereocenters. The molecular weight excluding hydrogens is 148 g/mol. The minimum atomic E-state index is 0.170. The van der Waals surface area contributed by atoms with E-state index in [9.17, 15) is 0 Å². The first-order chi connectivity index (χ1) is 5.52. The fourth-order valence-electron chi connectivity index (χ4n) is 1.68. The highest BCUT2D eigenvalue weighted by Crippen LogP contribution is 2.22. The average Bonchev–Trinajstić information content (AvgIpc) is 2.05. The predicted molar refractivity (Wildman–Crippen MR) is 55.2 cm³/mol. The fourth-order valence-corrected chi connectivity index (χ4v) is 1.68. The molecule has 0 fully saturated rings. The van der Waals surface area contributed by atoms with E-state index >= 15 is 0 Å². The van der Waals surface area contributed by atoms with Crippen molar-refractivity contribution in [3.8, 4) is 0 Å². The van der Waals surface area contributed by atoms with Gasteiger partial charge in [-0.15, -0.1) is 0 Å². The minimum Gasteiger partial charge on any atom is -0.329 e. The van der Waals surface area contributed by atoms with Gasteiger partial charge in [0.15, 0.2) is 0 Å². The van der Waals surface area contributed by atoms with Crippen LogP contribution in [0.2, 0.25) is 0 Å². The third kappa shape index (κ3) is 2.20. The zero-order valence-electron chi connectivity index (χ0n) is 9.22. The molecule has 0 aliphatic heterocycles. The van der Waals surface area contributed by atoms with E-state index in [0.717, 1.165) is 19.6 Å². The quantitative estimate of drug-likeness (QED) is 0.684. The summed E-state index contributed by atoms with van der Waals surface area (Å²) in [5.74, 6) is 0.613. The molecule has 0 aromatic carbocycles. The molecule has 2 nitrogen and oxygen atoms in total. The molecule has 1 unspecified atom stereocenters. The van der Waals surface area contributed by atoms with Crippen LogP contribution in [0.15, 0.2) is 0 Å². The van der Waals surface area contributed by atoms with Crippen LogP contribution in [-0.4, -0.2) is 30.1 Å². The maximum Gasteiger partial charge on any atom is 0.0326 e. The topological polar surface area (TPSA) is 29.3 Å². The third-order valence-electron chi connectivity index (χ3n) is 3.14. The molecule has 0 aromatic heterocycles. The lowest BCUT2D eigenvalue weighted by Crippen LogP contribution is -2.55. The van der Waals surface area contributed by atoms with Crippen molar-refractivity contribution in [2.24, 2.45) is 11.7 Å². The standard InChI is InChI=1S/C10H24N2/c1-6-12(7-2)10(5,8-11)9(3)4/h9H,6-8,11H2,1-5H3. The lowest BCUT2D eigenvalue weighted by molar-refractivity contribution is 0.0783. The summed E-state index contributed by atoms with van der Waals surface area (Å²) in [6, 6.07) is 0. The van der Waals surface area contributed by atoms with E-state index in [0.29, 0.717) is 5.92 Å². The summed E-state index contributed by atoms with van der Waals surface area (Å²) in [7, 11) is 0. The number of nitrogens with zero attached hydrogens (tertiary/aromatic N) is 1. The molecule has 74 valence electrons. The summed E-state index contributed by atoms with van der Waals surface area (Å²) in [5.41, 5.74) is 5.99. The zero-order chi connectivity index (χ0) is 9.78. The van der Waals surface area contributed by atoms with Crippen molar-refractivity contribution in [3.63, 3.8) is 0 Å². The van der Waals surface area contributed by atoms with Crippen LogP contribution in [0.5, 0.6) is 0 Å². The van der Waals surface area contributed by atoms with E-state index < -0.39 is 0 Å². The lowest BCUT2D eigenvalue weighted by Gasteiger charge is -2.42. The summed E-state index contributed by atoms with van der Waals surface area (Å²) in [5, 5.41) is 0. The van der Waals surface area contributed by atoms with Gasteiger partial charge in [-0.2, -0.15) is 0 Å². The van der Waals surface area contributed by atoms with Crippen LogP contribution in [0.1, 0.15) is 34.6 Å². The highest BCUT2D eigenvalue weighted by molar-refractivity contribution is 4.89. The van der Waals surface area contributed by atoms with Crippen molar-refractivity contribution in [1.82, 2.24) is 4.90 Å². The van der Waals surface area contributed by atoms with Crippen LogP contribution in [0, 0.1) is 5.92 Å². The van der Waals surface area contributed by atoms with Gasteiger partial charge in [-0.25, -0.2) is 0 Å². The Morgan fingerprint density at radius 1 is 1.25 bits per heavy atom. The Morgan fingerprint density at radius 2 is 1.67 bits per heavy atom. The van der Waals surface area contributed by atoms with Gasteiger partial charge in [0.2, 0.25) is 0 Å². The molecule has 0 amide bonds. The Kier molecular flexibility index (Phi) is 4.80. The van der Waals surface area contributed by atoms with Gasteiger partial charge in [0, 0.05) is 12.1 Å². The van der Waals surface area contributed by atoms with Crippen LogP contribution in [0.25, 0.3) is 0 Å². The molecule has 0 radical (unpaired) electrons. The summed E-state index contributed by atoms with van der Waals surface area (Å²) in [6.45, 7) is 14.0. The second kappa shape index (κ2) is 4.83. The Labute approximate surface area is 77.1 Å². The highest BCUT2D eigenvalue weighted by Gasteiger charge is 2.31. The Balaban J connectivity index is 4.47. The van der Waals surface area contributed by atoms with E-state index in [2.05, 4.69) is 39.5 Å². The molecule has 0 aliphatic carbocycles. The van der Waals surface area contributed by atoms with E-state index in [4.69, 9.17) is 5.73 Å². The van der Waals surface area contributed by atoms with Crippen LogP contribution in [0.4, 0.5) is 0 Å². The predicted octanol–water partition coefficient (Wildman–Crippen LogP) is 1.70. The number of likely N-dealkylation sites (N-methyl/N-ethyl adjacent to an activating group) is 1. The fraction of sp³-hybridized carbons (Fsp3) is 1.00. The SMILES string of the molecule is CCN(CC)C(C)(CN)C(C)C. The minimum absolute atomic E-state index is 0.170. The molecule has 0 spiro atoms. The summed E-state index contributed by atoms with van der Waals surface area (Å²) < 4.78 is 0. The molecule has 0 rings (SSSR count). The smallest absolute Gasteiger partial charge is 0.0326 e. The second-order valence-electron chi connectivity index (χ2n) is 3.89. The van der Waals surface area contributed by atoms with Gasteiger partial charge in [-0.1, -0.05) is 27.7 Å². The van der Waals surface area contributed by atoms with Crippen molar-refractivity contribution in [3.05, 3.63) is 0 Å². The molecule has 0 heterocycles. The molecule has 0 aliphatic rings. The summed E-state index contributed by atoms with van der Waals surface area (Å²) >= 11 is 0. The van der Waals surface area contributed by atoms with Crippen molar-refractivity contribution in [1.29, 1.82) is 0 Å². The van der Waals surface area contributed by atoms with E-state index in [1.165, 1.54) is 0 Å².